The van der Waals surface area contributed by atoms with Crippen molar-refractivity contribution in [3.8, 4) is 45.3 Å². The van der Waals surface area contributed by atoms with Gasteiger partial charge in [-0.1, -0.05) is 55.4 Å². The van der Waals surface area contributed by atoms with Crippen LogP contribution in [-0.4, -0.2) is 148 Å². The first-order valence-corrected chi connectivity index (χ1v) is 25.6. The molecule has 18 nitrogen and oxygen atoms in total. The molecule has 0 aliphatic carbocycles. The fourth-order valence-electron chi connectivity index (χ4n) is 8.54. The Bertz CT molecular complexity index is 3200. The normalized spacial score (nSPS) is 16.1. The molecule has 2 amide bonds. The summed E-state index contributed by atoms with van der Waals surface area (Å²) in [5.41, 5.74) is 18.6. The van der Waals surface area contributed by atoms with E-state index in [2.05, 4.69) is 52.6 Å². The van der Waals surface area contributed by atoms with Crippen molar-refractivity contribution in [3.05, 3.63) is 150 Å². The summed E-state index contributed by atoms with van der Waals surface area (Å²) >= 11 is 5.88. The van der Waals surface area contributed by atoms with Crippen LogP contribution in [0.25, 0.3) is 45.1 Å². The molecule has 7 heterocycles. The highest BCUT2D eigenvalue weighted by Gasteiger charge is 2.51. The van der Waals surface area contributed by atoms with Crippen LogP contribution in [0, 0.1) is 0 Å². The molecule has 0 bridgehead atoms. The standard InChI is InChI=1S/C25H25N5O3.C18H28BNO4.C13H9ClN4O.CH4/c26-25(31)20-3-1-19(2-4-20)23-17-27-24-10-9-22(28-30(23)24)18-5-7-21(8-6-18)33-16-13-29-11-14-32-15-12-29;1-17(2)18(3,4)24-19(23-17)15-5-7-16(8-6-15)22-14-11-20-9-12-21-13-10-20;14-11-5-6-12-16-7-10(18(12)17-11)8-1-3-9(4-2-8)13(15)19;/h1-10,17H,11-16H2,(H2,26,31);5-8H,9-14H2,1-4H3;1-7H,(H2,15,19);1H4. The Kier molecular flexibility index (Phi) is 18.4. The predicted molar refractivity (Wildman–Crippen MR) is 299 cm³/mol. The van der Waals surface area contributed by atoms with Crippen LogP contribution in [0.4, 0.5) is 0 Å². The molecule has 8 aromatic rings. The average molecular weight is 1070 g/mol. The molecule has 402 valence electrons. The number of carbonyl (C=O) groups is 2. The number of primary amides is 2. The van der Waals surface area contributed by atoms with E-state index in [-0.39, 0.29) is 25.7 Å². The maximum absolute atomic E-state index is 11.3. The summed E-state index contributed by atoms with van der Waals surface area (Å²) in [6, 6.07) is 37.4. The van der Waals surface area contributed by atoms with E-state index in [1.807, 2.05) is 72.8 Å². The van der Waals surface area contributed by atoms with Gasteiger partial charge in [0.25, 0.3) is 0 Å². The van der Waals surface area contributed by atoms with E-state index < -0.39 is 11.8 Å². The zero-order chi connectivity index (χ0) is 53.2. The maximum Gasteiger partial charge on any atom is 0.494 e. The third-order valence-electron chi connectivity index (χ3n) is 13.7. The summed E-state index contributed by atoms with van der Waals surface area (Å²) in [5, 5.41) is 9.38. The van der Waals surface area contributed by atoms with Crippen LogP contribution < -0.4 is 26.4 Å². The van der Waals surface area contributed by atoms with Gasteiger partial charge >= 0.3 is 7.12 Å². The molecule has 0 radical (unpaired) electrons. The first-order chi connectivity index (χ1) is 36.7. The molecule has 20 heteroatoms. The van der Waals surface area contributed by atoms with E-state index in [0.717, 1.165) is 122 Å². The summed E-state index contributed by atoms with van der Waals surface area (Å²) in [7, 11) is -0.322. The van der Waals surface area contributed by atoms with E-state index in [1.54, 1.807) is 70.0 Å². The second kappa shape index (κ2) is 25.3. The summed E-state index contributed by atoms with van der Waals surface area (Å²) in [5.74, 6) is 0.814. The molecule has 11 rings (SSSR count). The van der Waals surface area contributed by atoms with E-state index in [4.69, 9.17) is 56.4 Å². The van der Waals surface area contributed by atoms with E-state index in [1.165, 1.54) is 0 Å². The average Bonchev–Trinajstić information content (AvgIpc) is 4.12. The van der Waals surface area contributed by atoms with Gasteiger partial charge in [0.15, 0.2) is 11.3 Å². The highest BCUT2D eigenvalue weighted by Crippen LogP contribution is 2.36. The summed E-state index contributed by atoms with van der Waals surface area (Å²) in [6.45, 7) is 18.6. The number of amides is 2. The largest absolute Gasteiger partial charge is 0.494 e. The van der Waals surface area contributed by atoms with Crippen LogP contribution in [-0.2, 0) is 18.8 Å². The van der Waals surface area contributed by atoms with Crippen LogP contribution in [0.2, 0.25) is 5.15 Å². The number of hydrogen-bond acceptors (Lipinski definition) is 14. The maximum atomic E-state index is 11.3. The number of ether oxygens (including phenoxy) is 4. The molecule has 0 unspecified atom stereocenters. The number of benzene rings is 4. The van der Waals surface area contributed by atoms with Crippen molar-refractivity contribution < 1.29 is 37.8 Å². The van der Waals surface area contributed by atoms with Gasteiger partial charge in [-0.3, -0.25) is 19.4 Å². The van der Waals surface area contributed by atoms with Gasteiger partial charge in [0, 0.05) is 67.1 Å². The minimum Gasteiger partial charge on any atom is -0.492 e. The van der Waals surface area contributed by atoms with Gasteiger partial charge in [-0.15, -0.1) is 0 Å². The Morgan fingerprint density at radius 2 is 0.987 bits per heavy atom. The SMILES string of the molecule is C.CC1(C)OB(c2ccc(OCCN3CCOCC3)cc2)OC1(C)C.NC(=O)c1ccc(-c2cnc3ccc(-c4ccc(OCCN5CCOCC5)cc4)nn23)cc1.NC(=O)c1ccc(-c2cnc3ccc(Cl)nn23)cc1. The van der Waals surface area contributed by atoms with Crippen molar-refractivity contribution in [2.24, 2.45) is 11.5 Å². The molecular formula is C57H66BClN10O8. The minimum atomic E-state index is -0.453. The zero-order valence-corrected chi connectivity index (χ0v) is 43.9. The van der Waals surface area contributed by atoms with Crippen molar-refractivity contribution in [1.82, 2.24) is 39.0 Å². The van der Waals surface area contributed by atoms with Crippen molar-refractivity contribution in [3.63, 3.8) is 0 Å². The van der Waals surface area contributed by atoms with Crippen molar-refractivity contribution in [2.75, 3.05) is 78.9 Å². The molecule has 77 heavy (non-hydrogen) atoms. The Morgan fingerprint density at radius 1 is 0.571 bits per heavy atom. The van der Waals surface area contributed by atoms with Crippen LogP contribution >= 0.6 is 11.6 Å². The molecule has 0 atom stereocenters. The number of rotatable bonds is 14. The fraction of sp³-hybridized carbons (Fsp3) is 0.333. The Labute approximate surface area is 454 Å². The molecule has 3 saturated heterocycles. The monoisotopic (exact) mass is 1060 g/mol. The second-order valence-electron chi connectivity index (χ2n) is 19.4. The second-order valence-corrected chi connectivity index (χ2v) is 19.8. The van der Waals surface area contributed by atoms with E-state index in [9.17, 15) is 9.59 Å². The van der Waals surface area contributed by atoms with Gasteiger partial charge in [0.2, 0.25) is 11.8 Å². The van der Waals surface area contributed by atoms with Gasteiger partial charge in [0.1, 0.15) is 29.9 Å². The van der Waals surface area contributed by atoms with Crippen molar-refractivity contribution in [1.29, 1.82) is 0 Å². The third kappa shape index (κ3) is 14.0. The summed E-state index contributed by atoms with van der Waals surface area (Å²) in [4.78, 5) is 35.8. The lowest BCUT2D eigenvalue weighted by Crippen LogP contribution is -2.41. The molecule has 4 N–H and O–H groups in total. The lowest BCUT2D eigenvalue weighted by molar-refractivity contribution is 0.00578. The fourth-order valence-corrected chi connectivity index (χ4v) is 8.68. The number of carbonyl (C=O) groups excluding carboxylic acids is 2. The summed E-state index contributed by atoms with van der Waals surface area (Å²) < 4.78 is 38.1. The number of halogens is 1. The quantitative estimate of drug-likeness (QED) is 0.102. The van der Waals surface area contributed by atoms with Crippen LogP contribution in [0.5, 0.6) is 11.5 Å². The van der Waals surface area contributed by atoms with Crippen LogP contribution in [0.1, 0.15) is 55.8 Å². The first-order valence-electron chi connectivity index (χ1n) is 25.3. The number of nitrogens with two attached hydrogens (primary N) is 2. The lowest BCUT2D eigenvalue weighted by atomic mass is 9.79. The van der Waals surface area contributed by atoms with Crippen LogP contribution in [0.15, 0.2) is 134 Å². The van der Waals surface area contributed by atoms with Crippen molar-refractivity contribution >= 4 is 47.3 Å². The molecule has 4 aromatic heterocycles. The Morgan fingerprint density at radius 3 is 1.44 bits per heavy atom. The Balaban J connectivity index is 0.000000158. The topological polar surface area (TPSA) is 208 Å². The van der Waals surface area contributed by atoms with Gasteiger partial charge in [-0.05, 0) is 118 Å². The van der Waals surface area contributed by atoms with Crippen molar-refractivity contribution in [2.45, 2.75) is 46.3 Å². The molecule has 3 aliphatic heterocycles. The van der Waals surface area contributed by atoms with Gasteiger partial charge in [0.05, 0.1) is 67.1 Å². The molecule has 3 aliphatic rings. The summed E-state index contributed by atoms with van der Waals surface area (Å²) in [6.07, 6.45) is 3.48. The molecule has 3 fully saturated rings. The highest BCUT2D eigenvalue weighted by atomic mass is 35.5. The number of nitrogens with zero attached hydrogens (tertiary/aromatic N) is 8. The molecular weight excluding hydrogens is 999 g/mol. The highest BCUT2D eigenvalue weighted by molar-refractivity contribution is 6.62. The van der Waals surface area contributed by atoms with Gasteiger partial charge in [-0.2, -0.15) is 10.2 Å². The Hall–Kier alpha value is -7.23. The minimum absolute atomic E-state index is 0. The first kappa shape index (κ1) is 56.0. The van der Waals surface area contributed by atoms with Gasteiger partial charge in [-0.25, -0.2) is 19.0 Å². The number of morpholine rings is 2. The zero-order valence-electron chi connectivity index (χ0n) is 43.1. The number of hydrogen-bond donors (Lipinski definition) is 2. The van der Waals surface area contributed by atoms with Gasteiger partial charge < -0.3 is 39.7 Å². The lowest BCUT2D eigenvalue weighted by Gasteiger charge is -2.32. The molecule has 0 spiro atoms. The smallest absolute Gasteiger partial charge is 0.492 e. The van der Waals surface area contributed by atoms with Crippen LogP contribution in [0.3, 0.4) is 0 Å². The number of aromatic nitrogens is 6. The third-order valence-corrected chi connectivity index (χ3v) is 13.9. The number of imidazole rings is 2. The van der Waals surface area contributed by atoms with E-state index >= 15 is 0 Å². The molecule has 4 aromatic carbocycles. The predicted octanol–water partition coefficient (Wildman–Crippen LogP) is 7.35. The number of fused-ring (bicyclic) bond motifs is 2. The molecule has 0 saturated carbocycles. The van der Waals surface area contributed by atoms with E-state index in [0.29, 0.717) is 35.1 Å².